The lowest BCUT2D eigenvalue weighted by Crippen LogP contribution is -2.62. The van der Waals surface area contributed by atoms with Crippen LogP contribution in [0.15, 0.2) is 0 Å². The van der Waals surface area contributed by atoms with E-state index in [0.29, 0.717) is 23.9 Å². The Morgan fingerprint density at radius 2 is 2.17 bits per heavy atom. The summed E-state index contributed by atoms with van der Waals surface area (Å²) < 4.78 is 0. The van der Waals surface area contributed by atoms with Gasteiger partial charge in [-0.3, -0.25) is 9.69 Å². The zero-order chi connectivity index (χ0) is 13.3. The van der Waals surface area contributed by atoms with Crippen molar-refractivity contribution in [1.29, 1.82) is 0 Å². The molecule has 0 bridgehead atoms. The largest absolute Gasteiger partial charge is 0.368 e. The Kier molecular flexibility index (Phi) is 3.97. The number of amides is 1. The zero-order valence-corrected chi connectivity index (χ0v) is 11.9. The third-order valence-electron chi connectivity index (χ3n) is 4.69. The predicted octanol–water partition coefficient (Wildman–Crippen LogP) is 0.960. The molecule has 1 aliphatic heterocycles. The average Bonchev–Trinajstić information content (AvgIpc) is 2.28. The fourth-order valence-electron chi connectivity index (χ4n) is 3.81. The third kappa shape index (κ3) is 2.86. The summed E-state index contributed by atoms with van der Waals surface area (Å²) in [5.41, 5.74) is 5.99. The third-order valence-corrected chi connectivity index (χ3v) is 4.69. The van der Waals surface area contributed by atoms with Crippen LogP contribution in [0.4, 0.5) is 0 Å². The molecule has 2 rings (SSSR count). The molecule has 1 heterocycles. The van der Waals surface area contributed by atoms with Gasteiger partial charge in [-0.05, 0) is 30.6 Å². The van der Waals surface area contributed by atoms with Crippen molar-refractivity contribution in [3.05, 3.63) is 0 Å². The van der Waals surface area contributed by atoms with Crippen LogP contribution in [-0.4, -0.2) is 42.5 Å². The SMILES string of the molecule is CC1CC(C)(C)CCC1N1CCNCC1C(N)=O. The molecule has 0 aromatic rings. The summed E-state index contributed by atoms with van der Waals surface area (Å²) in [7, 11) is 0. The minimum atomic E-state index is -0.181. The van der Waals surface area contributed by atoms with Gasteiger partial charge in [-0.1, -0.05) is 20.8 Å². The summed E-state index contributed by atoms with van der Waals surface area (Å²) in [5, 5.41) is 3.27. The first-order chi connectivity index (χ1) is 8.41. The minimum absolute atomic E-state index is 0.118. The molecular weight excluding hydrogens is 226 g/mol. The second-order valence-corrected chi connectivity index (χ2v) is 6.81. The highest BCUT2D eigenvalue weighted by molar-refractivity contribution is 5.80. The Balaban J connectivity index is 2.07. The monoisotopic (exact) mass is 253 g/mol. The summed E-state index contributed by atoms with van der Waals surface area (Å²) >= 11 is 0. The molecule has 1 amide bonds. The van der Waals surface area contributed by atoms with E-state index in [9.17, 15) is 4.79 Å². The summed E-state index contributed by atoms with van der Waals surface area (Å²) in [6.07, 6.45) is 3.68. The lowest BCUT2D eigenvalue weighted by Gasteiger charge is -2.48. The van der Waals surface area contributed by atoms with Crippen LogP contribution in [0.2, 0.25) is 0 Å². The van der Waals surface area contributed by atoms with Gasteiger partial charge >= 0.3 is 0 Å². The van der Waals surface area contributed by atoms with Crippen LogP contribution in [0.5, 0.6) is 0 Å². The van der Waals surface area contributed by atoms with E-state index in [1.807, 2.05) is 0 Å². The number of carbonyl (C=O) groups is 1. The van der Waals surface area contributed by atoms with Crippen molar-refractivity contribution < 1.29 is 4.79 Å². The van der Waals surface area contributed by atoms with Crippen LogP contribution in [-0.2, 0) is 4.79 Å². The van der Waals surface area contributed by atoms with Crippen molar-refractivity contribution in [3.63, 3.8) is 0 Å². The van der Waals surface area contributed by atoms with E-state index in [-0.39, 0.29) is 11.9 Å². The van der Waals surface area contributed by atoms with Gasteiger partial charge in [0.2, 0.25) is 5.91 Å². The minimum Gasteiger partial charge on any atom is -0.368 e. The molecule has 3 N–H and O–H groups in total. The highest BCUT2D eigenvalue weighted by Gasteiger charge is 2.39. The second kappa shape index (κ2) is 5.17. The summed E-state index contributed by atoms with van der Waals surface area (Å²) in [6.45, 7) is 9.65. The molecule has 4 heteroatoms. The smallest absolute Gasteiger partial charge is 0.236 e. The maximum absolute atomic E-state index is 11.6. The molecule has 0 aromatic carbocycles. The van der Waals surface area contributed by atoms with Crippen LogP contribution in [0, 0.1) is 11.3 Å². The van der Waals surface area contributed by atoms with Gasteiger partial charge in [-0.25, -0.2) is 0 Å². The van der Waals surface area contributed by atoms with Crippen LogP contribution in [0.3, 0.4) is 0 Å². The molecule has 104 valence electrons. The maximum Gasteiger partial charge on any atom is 0.236 e. The lowest BCUT2D eigenvalue weighted by molar-refractivity contribution is -0.126. The first-order valence-electron chi connectivity index (χ1n) is 7.16. The second-order valence-electron chi connectivity index (χ2n) is 6.81. The van der Waals surface area contributed by atoms with Gasteiger partial charge in [0.05, 0.1) is 0 Å². The molecule has 1 aliphatic carbocycles. The first-order valence-corrected chi connectivity index (χ1v) is 7.16. The number of piperazine rings is 1. The van der Waals surface area contributed by atoms with Crippen molar-refractivity contribution >= 4 is 5.91 Å². The van der Waals surface area contributed by atoms with Crippen molar-refractivity contribution in [3.8, 4) is 0 Å². The standard InChI is InChI=1S/C14H27N3O/c1-10-8-14(2,3)5-4-11(10)17-7-6-16-9-12(17)13(15)18/h10-12,16H,4-9H2,1-3H3,(H2,15,18). The Morgan fingerprint density at radius 3 is 2.78 bits per heavy atom. The van der Waals surface area contributed by atoms with Gasteiger partial charge in [0.15, 0.2) is 0 Å². The van der Waals surface area contributed by atoms with Crippen LogP contribution in [0.25, 0.3) is 0 Å². The van der Waals surface area contributed by atoms with E-state index in [1.54, 1.807) is 0 Å². The average molecular weight is 253 g/mol. The Bertz CT molecular complexity index is 316. The number of nitrogens with two attached hydrogens (primary N) is 1. The Morgan fingerprint density at radius 1 is 1.44 bits per heavy atom. The number of nitrogens with one attached hydrogen (secondary N) is 1. The molecule has 2 fully saturated rings. The molecule has 3 unspecified atom stereocenters. The van der Waals surface area contributed by atoms with E-state index >= 15 is 0 Å². The molecule has 3 atom stereocenters. The molecular formula is C14H27N3O. The molecule has 2 aliphatic rings. The van der Waals surface area contributed by atoms with Crippen LogP contribution >= 0.6 is 0 Å². The van der Waals surface area contributed by atoms with Gasteiger partial charge in [0, 0.05) is 25.7 Å². The molecule has 0 aromatic heterocycles. The maximum atomic E-state index is 11.6. The molecule has 4 nitrogen and oxygen atoms in total. The van der Waals surface area contributed by atoms with Crippen LogP contribution < -0.4 is 11.1 Å². The summed E-state index contributed by atoms with van der Waals surface area (Å²) in [6, 6.07) is 0.407. The molecule has 18 heavy (non-hydrogen) atoms. The van der Waals surface area contributed by atoms with Gasteiger partial charge < -0.3 is 11.1 Å². The topological polar surface area (TPSA) is 58.4 Å². The number of rotatable bonds is 2. The number of carbonyl (C=O) groups excluding carboxylic acids is 1. The molecule has 0 spiro atoms. The lowest BCUT2D eigenvalue weighted by atomic mass is 9.70. The summed E-state index contributed by atoms with van der Waals surface area (Å²) in [5.74, 6) is 0.466. The Hall–Kier alpha value is -0.610. The van der Waals surface area contributed by atoms with E-state index < -0.39 is 0 Å². The van der Waals surface area contributed by atoms with Crippen LogP contribution in [0.1, 0.15) is 40.0 Å². The first kappa shape index (κ1) is 13.8. The fourth-order valence-corrected chi connectivity index (χ4v) is 3.81. The molecule has 1 saturated heterocycles. The van der Waals surface area contributed by atoms with Gasteiger partial charge in [-0.15, -0.1) is 0 Å². The van der Waals surface area contributed by atoms with Crippen molar-refractivity contribution in [2.24, 2.45) is 17.1 Å². The number of hydrogen-bond donors (Lipinski definition) is 2. The van der Waals surface area contributed by atoms with Crippen molar-refractivity contribution in [2.45, 2.75) is 52.1 Å². The fraction of sp³-hybridized carbons (Fsp3) is 0.929. The number of nitrogens with zero attached hydrogens (tertiary/aromatic N) is 1. The number of hydrogen-bond acceptors (Lipinski definition) is 3. The normalized spacial score (nSPS) is 37.4. The van der Waals surface area contributed by atoms with Gasteiger partial charge in [-0.2, -0.15) is 0 Å². The highest BCUT2D eigenvalue weighted by atomic mass is 16.1. The quantitative estimate of drug-likeness (QED) is 0.770. The molecule has 0 radical (unpaired) electrons. The predicted molar refractivity (Wildman–Crippen MR) is 73.1 cm³/mol. The van der Waals surface area contributed by atoms with Crippen molar-refractivity contribution in [2.75, 3.05) is 19.6 Å². The zero-order valence-electron chi connectivity index (χ0n) is 11.9. The Labute approximate surface area is 110 Å². The number of primary amides is 1. The van der Waals surface area contributed by atoms with E-state index in [2.05, 4.69) is 31.0 Å². The van der Waals surface area contributed by atoms with E-state index in [1.165, 1.54) is 19.3 Å². The highest BCUT2D eigenvalue weighted by Crippen LogP contribution is 2.40. The van der Waals surface area contributed by atoms with E-state index in [0.717, 1.165) is 13.1 Å². The van der Waals surface area contributed by atoms with Crippen molar-refractivity contribution in [1.82, 2.24) is 10.2 Å². The summed E-state index contributed by atoms with van der Waals surface area (Å²) in [4.78, 5) is 13.9. The van der Waals surface area contributed by atoms with Gasteiger partial charge in [0.25, 0.3) is 0 Å². The van der Waals surface area contributed by atoms with E-state index in [4.69, 9.17) is 5.73 Å². The van der Waals surface area contributed by atoms with Gasteiger partial charge in [0.1, 0.15) is 6.04 Å². The molecule has 1 saturated carbocycles.